The summed E-state index contributed by atoms with van der Waals surface area (Å²) in [6.45, 7) is 3.25. The van der Waals surface area contributed by atoms with Crippen molar-refractivity contribution in [3.8, 4) is 17.2 Å². The van der Waals surface area contributed by atoms with E-state index in [1.165, 1.54) is 12.5 Å². The number of benzene rings is 3. The molecule has 7 heteroatoms. The fourth-order valence-corrected chi connectivity index (χ4v) is 8.50. The molecule has 0 aromatic heterocycles. The molecular formula is C36H38N2O5. The van der Waals surface area contributed by atoms with Crippen LogP contribution in [0, 0.1) is 5.92 Å². The molecule has 1 N–H and O–H groups in total. The molecule has 7 nitrogen and oxygen atoms in total. The summed E-state index contributed by atoms with van der Waals surface area (Å²) in [5.41, 5.74) is 3.89. The monoisotopic (exact) mass is 578 g/mol. The highest BCUT2D eigenvalue weighted by Crippen LogP contribution is 2.65. The van der Waals surface area contributed by atoms with Gasteiger partial charge in [0.15, 0.2) is 11.5 Å². The van der Waals surface area contributed by atoms with Crippen LogP contribution in [0.25, 0.3) is 6.08 Å². The van der Waals surface area contributed by atoms with Crippen LogP contribution in [0.15, 0.2) is 72.8 Å². The number of aromatic hydroxyl groups is 1. The zero-order chi connectivity index (χ0) is 29.7. The van der Waals surface area contributed by atoms with Gasteiger partial charge in [-0.2, -0.15) is 0 Å². The predicted molar refractivity (Wildman–Crippen MR) is 164 cm³/mol. The van der Waals surface area contributed by atoms with E-state index in [4.69, 9.17) is 9.47 Å². The number of likely N-dealkylation sites (N-methyl/N-ethyl adjacent to an activating group) is 1. The van der Waals surface area contributed by atoms with Gasteiger partial charge in [-0.25, -0.2) is 0 Å². The first-order valence-electron chi connectivity index (χ1n) is 15.4. The quantitative estimate of drug-likeness (QED) is 0.238. The topological polar surface area (TPSA) is 79.3 Å². The highest BCUT2D eigenvalue weighted by Gasteiger charge is 2.67. The molecule has 3 aromatic rings. The summed E-state index contributed by atoms with van der Waals surface area (Å²) >= 11 is 0. The fourth-order valence-electron chi connectivity index (χ4n) is 8.50. The van der Waals surface area contributed by atoms with Crippen molar-refractivity contribution >= 4 is 18.0 Å². The van der Waals surface area contributed by atoms with Crippen LogP contribution < -0.4 is 9.47 Å². The van der Waals surface area contributed by atoms with Crippen LogP contribution in [0.4, 0.5) is 0 Å². The number of esters is 1. The number of phenolic OH excluding ortho intramolecular Hbond substituents is 1. The van der Waals surface area contributed by atoms with Crippen LogP contribution in [0.3, 0.4) is 0 Å². The molecule has 7 rings (SSSR count). The van der Waals surface area contributed by atoms with E-state index in [0.717, 1.165) is 61.9 Å². The van der Waals surface area contributed by atoms with E-state index >= 15 is 0 Å². The number of piperidine rings is 1. The maximum absolute atomic E-state index is 13.5. The van der Waals surface area contributed by atoms with E-state index in [9.17, 15) is 14.7 Å². The van der Waals surface area contributed by atoms with Crippen molar-refractivity contribution < 1.29 is 24.2 Å². The molecule has 1 amide bonds. The van der Waals surface area contributed by atoms with Crippen LogP contribution in [-0.2, 0) is 27.8 Å². The minimum absolute atomic E-state index is 0.000754. The van der Waals surface area contributed by atoms with Crippen molar-refractivity contribution in [2.45, 2.75) is 62.6 Å². The maximum Gasteiger partial charge on any atom is 0.308 e. The van der Waals surface area contributed by atoms with Gasteiger partial charge in [-0.1, -0.05) is 60.7 Å². The van der Waals surface area contributed by atoms with E-state index in [1.54, 1.807) is 12.1 Å². The van der Waals surface area contributed by atoms with Gasteiger partial charge in [-0.3, -0.25) is 14.5 Å². The van der Waals surface area contributed by atoms with Crippen molar-refractivity contribution in [3.05, 3.63) is 95.1 Å². The number of nitrogens with zero attached hydrogens (tertiary/aromatic N) is 2. The second-order valence-electron chi connectivity index (χ2n) is 12.5. The van der Waals surface area contributed by atoms with E-state index in [1.807, 2.05) is 54.4 Å². The number of amides is 1. The van der Waals surface area contributed by atoms with Gasteiger partial charge in [0, 0.05) is 55.2 Å². The second kappa shape index (κ2) is 10.9. The lowest BCUT2D eigenvalue weighted by atomic mass is 9.50. The van der Waals surface area contributed by atoms with Gasteiger partial charge < -0.3 is 19.5 Å². The Balaban J connectivity index is 1.25. The zero-order valence-corrected chi connectivity index (χ0v) is 24.7. The summed E-state index contributed by atoms with van der Waals surface area (Å²) in [7, 11) is 1.87. The predicted octanol–water partition coefficient (Wildman–Crippen LogP) is 5.14. The number of hydrogen-bond acceptors (Lipinski definition) is 6. The lowest BCUT2D eigenvalue weighted by Crippen LogP contribution is -2.69. The molecule has 2 bridgehead atoms. The van der Waals surface area contributed by atoms with Crippen molar-refractivity contribution in [1.82, 2.24) is 9.80 Å². The summed E-state index contributed by atoms with van der Waals surface area (Å²) in [5, 5.41) is 11.2. The van der Waals surface area contributed by atoms with Gasteiger partial charge in [-0.05, 0) is 61.8 Å². The Kier molecular flexibility index (Phi) is 7.01. The third-order valence-electron chi connectivity index (χ3n) is 10.3. The van der Waals surface area contributed by atoms with Crippen molar-refractivity contribution in [1.29, 1.82) is 0 Å². The van der Waals surface area contributed by atoms with E-state index in [0.29, 0.717) is 17.4 Å². The normalized spacial score (nSPS) is 26.9. The number of ether oxygens (including phenoxy) is 2. The van der Waals surface area contributed by atoms with Crippen LogP contribution in [-0.4, -0.2) is 65.1 Å². The molecule has 2 aliphatic carbocycles. The van der Waals surface area contributed by atoms with Gasteiger partial charge in [0.05, 0.1) is 6.04 Å². The average molecular weight is 579 g/mol. The minimum Gasteiger partial charge on any atom is -0.504 e. The number of rotatable bonds is 7. The zero-order valence-electron chi connectivity index (χ0n) is 24.7. The number of phenols is 1. The molecule has 0 radical (unpaired) electrons. The van der Waals surface area contributed by atoms with Gasteiger partial charge in [-0.15, -0.1) is 0 Å². The van der Waals surface area contributed by atoms with Gasteiger partial charge in [0.1, 0.15) is 11.9 Å². The lowest BCUT2D eigenvalue weighted by Gasteiger charge is -2.60. The summed E-state index contributed by atoms with van der Waals surface area (Å²) in [6, 6.07) is 22.0. The lowest BCUT2D eigenvalue weighted by molar-refractivity contribution is -0.135. The Morgan fingerprint density at radius 1 is 1.12 bits per heavy atom. The van der Waals surface area contributed by atoms with Crippen LogP contribution >= 0.6 is 0 Å². The number of likely N-dealkylation sites (tertiary alicyclic amines) is 1. The molecule has 2 aliphatic heterocycles. The molecule has 0 unspecified atom stereocenters. The fraction of sp³-hybridized carbons (Fsp3) is 0.389. The molecular weight excluding hydrogens is 540 g/mol. The van der Waals surface area contributed by atoms with Gasteiger partial charge in [0.2, 0.25) is 5.91 Å². The molecule has 4 aliphatic rings. The summed E-state index contributed by atoms with van der Waals surface area (Å²) in [6.07, 6.45) is 7.53. The Hall–Kier alpha value is -4.10. The third kappa shape index (κ3) is 4.61. The van der Waals surface area contributed by atoms with Gasteiger partial charge >= 0.3 is 5.97 Å². The summed E-state index contributed by atoms with van der Waals surface area (Å²) < 4.78 is 12.5. The summed E-state index contributed by atoms with van der Waals surface area (Å²) in [4.78, 5) is 30.1. The van der Waals surface area contributed by atoms with E-state index in [-0.39, 0.29) is 35.3 Å². The molecule has 1 saturated heterocycles. The first-order valence-corrected chi connectivity index (χ1v) is 15.4. The largest absolute Gasteiger partial charge is 0.504 e. The Morgan fingerprint density at radius 2 is 1.86 bits per heavy atom. The highest BCUT2D eigenvalue weighted by molar-refractivity contribution is 5.92. The SMILES string of the molecule is CC(=O)Oc1cc(O)c2c3c1C[C@@H]1[C@@H]4CC[C@@H](N(C)C(=O)C=Cc5ccccc5)[C@H](O2)[C@]34CCN1CCc1ccccc1. The smallest absolute Gasteiger partial charge is 0.308 e. The number of carbonyl (C=O) groups excluding carboxylic acids is 2. The molecule has 43 heavy (non-hydrogen) atoms. The van der Waals surface area contributed by atoms with E-state index < -0.39 is 5.97 Å². The standard InChI is InChI=1S/C36H38N2O5/c1-23(39)42-31-22-30(40)34-33-26(31)21-29-27-14-15-28(37(2)32(41)16-13-24-9-5-3-6-10-24)35(43-34)36(27,33)18-20-38(29)19-17-25-11-7-4-8-12-25/h3-13,16,22,27-29,35,40H,14-15,17-21H2,1-2H3/t27-,28+,29+,35-,36-/m0/s1. The molecule has 1 saturated carbocycles. The van der Waals surface area contributed by atoms with Gasteiger partial charge in [0.25, 0.3) is 0 Å². The molecule has 222 valence electrons. The minimum atomic E-state index is -0.408. The van der Waals surface area contributed by atoms with Crippen LogP contribution in [0.2, 0.25) is 0 Å². The first-order chi connectivity index (χ1) is 20.9. The van der Waals surface area contributed by atoms with Crippen LogP contribution in [0.1, 0.15) is 48.4 Å². The third-order valence-corrected chi connectivity index (χ3v) is 10.3. The highest BCUT2D eigenvalue weighted by atomic mass is 16.5. The van der Waals surface area contributed by atoms with Crippen LogP contribution in [0.5, 0.6) is 17.2 Å². The number of carbonyl (C=O) groups is 2. The first kappa shape index (κ1) is 27.7. The Morgan fingerprint density at radius 3 is 2.60 bits per heavy atom. The average Bonchev–Trinajstić information content (AvgIpc) is 3.36. The summed E-state index contributed by atoms with van der Waals surface area (Å²) in [5.74, 6) is 0.763. The number of hydrogen-bond donors (Lipinski definition) is 1. The molecule has 2 heterocycles. The Bertz CT molecular complexity index is 1570. The van der Waals surface area contributed by atoms with Crippen molar-refractivity contribution in [2.24, 2.45) is 5.92 Å². The van der Waals surface area contributed by atoms with Crippen molar-refractivity contribution in [2.75, 3.05) is 20.1 Å². The molecule has 2 fully saturated rings. The molecule has 3 aromatic carbocycles. The van der Waals surface area contributed by atoms with Crippen molar-refractivity contribution in [3.63, 3.8) is 0 Å². The van der Waals surface area contributed by atoms with E-state index in [2.05, 4.69) is 29.2 Å². The Labute approximate surface area is 252 Å². The molecule has 5 atom stereocenters. The second-order valence-corrected chi connectivity index (χ2v) is 12.5. The molecule has 1 spiro atoms. The maximum atomic E-state index is 13.5.